The van der Waals surface area contributed by atoms with E-state index in [-0.39, 0.29) is 16.0 Å². The molecule has 0 aliphatic carbocycles. The van der Waals surface area contributed by atoms with Crippen molar-refractivity contribution in [2.24, 2.45) is 4.99 Å². The third-order valence-electron chi connectivity index (χ3n) is 6.63. The maximum absolute atomic E-state index is 11.9. The molecule has 1 unspecified atom stereocenters. The van der Waals surface area contributed by atoms with Crippen LogP contribution >= 0.6 is 46.6 Å². The lowest BCUT2D eigenvalue weighted by Gasteiger charge is -2.29. The number of hydrogen-bond donors (Lipinski definition) is 2. The van der Waals surface area contributed by atoms with Gasteiger partial charge in [-0.1, -0.05) is 46.6 Å². The Morgan fingerprint density at radius 1 is 1.05 bits per heavy atom. The summed E-state index contributed by atoms with van der Waals surface area (Å²) in [6, 6.07) is 10.6. The van der Waals surface area contributed by atoms with E-state index >= 15 is 0 Å². The Labute approximate surface area is 262 Å². The van der Waals surface area contributed by atoms with E-state index in [1.54, 1.807) is 30.3 Å². The van der Waals surface area contributed by atoms with Crippen LogP contribution in [0.5, 0.6) is 0 Å². The van der Waals surface area contributed by atoms with E-state index in [0.29, 0.717) is 23.6 Å². The summed E-state index contributed by atoms with van der Waals surface area (Å²) in [6.45, 7) is 5.12. The summed E-state index contributed by atoms with van der Waals surface area (Å²) < 4.78 is 15.2. The number of nitrogens with one attached hydrogen (secondary N) is 2. The van der Waals surface area contributed by atoms with Crippen molar-refractivity contribution in [2.45, 2.75) is 54.4 Å². The van der Waals surface area contributed by atoms with Gasteiger partial charge in [0, 0.05) is 54.2 Å². The van der Waals surface area contributed by atoms with Gasteiger partial charge in [-0.15, -0.1) is 0 Å². The highest BCUT2D eigenvalue weighted by Crippen LogP contribution is 2.42. The SMILES string of the molecule is CC1(C)OC(=O)C(=Cc2ccc([NH+]3CCCCC3)o2)C(=O)O1.C[N+](=O)c1ccc(C2=NC(=N)SC(C(Cl)(Cl)Cl)C2)cc1. The molecule has 42 heavy (non-hydrogen) atoms. The lowest BCUT2D eigenvalue weighted by atomic mass is 10.1. The second-order valence-corrected chi connectivity index (χ2v) is 13.9. The largest absolute Gasteiger partial charge is 0.419 e. The molecule has 10 nitrogen and oxygen atoms in total. The van der Waals surface area contributed by atoms with Crippen molar-refractivity contribution >= 4 is 87.0 Å². The highest BCUT2D eigenvalue weighted by Gasteiger charge is 2.39. The number of cyclic esters (lactones) is 2. The number of furan rings is 1. The molecule has 0 amide bonds. The number of quaternary nitrogens is 1. The summed E-state index contributed by atoms with van der Waals surface area (Å²) in [5, 5.41) is 7.50. The Kier molecular flexibility index (Phi) is 10.2. The zero-order valence-corrected chi connectivity index (χ0v) is 26.3. The standard InChI is InChI=1S/C16H19NO5.C12H11Cl3N3OS/c1-16(2)21-14(18)12(15(19)22-16)10-11-6-7-13(20-11)17-8-4-3-5-9-17;1-18(19)8-4-2-7(3-5-8)9-6-10(12(13,14)15)20-11(16)17-9/h6-7,10H,3-5,8-9H2,1-2H3;2-5,10,16H,6H2,1H3/q;+1/p+1. The molecule has 3 aliphatic heterocycles. The van der Waals surface area contributed by atoms with Gasteiger partial charge in [-0.2, -0.15) is 0 Å². The first-order valence-corrected chi connectivity index (χ1v) is 15.3. The second-order valence-electron chi connectivity index (χ2n) is 10.4. The number of carbonyl (C=O) groups excluding carboxylic acids is 2. The number of benzene rings is 1. The van der Waals surface area contributed by atoms with E-state index < -0.39 is 21.5 Å². The molecule has 2 N–H and O–H groups in total. The van der Waals surface area contributed by atoms with E-state index in [4.69, 9.17) is 54.1 Å². The maximum Gasteiger partial charge on any atom is 0.348 e. The Bertz CT molecular complexity index is 1400. The zero-order chi connectivity index (χ0) is 30.7. The lowest BCUT2D eigenvalue weighted by molar-refractivity contribution is -0.846. The van der Waals surface area contributed by atoms with Gasteiger partial charge >= 0.3 is 11.9 Å². The van der Waals surface area contributed by atoms with Gasteiger partial charge in [0.1, 0.15) is 11.3 Å². The third kappa shape index (κ3) is 8.44. The molecule has 2 saturated heterocycles. The van der Waals surface area contributed by atoms with Crippen LogP contribution in [-0.2, 0) is 19.1 Å². The van der Waals surface area contributed by atoms with Crippen molar-refractivity contribution in [3.05, 3.63) is 58.2 Å². The molecule has 224 valence electrons. The number of esters is 2. The predicted octanol–water partition coefficient (Wildman–Crippen LogP) is 5.53. The minimum atomic E-state index is -1.45. The van der Waals surface area contributed by atoms with Crippen LogP contribution in [0.4, 0.5) is 11.6 Å². The summed E-state index contributed by atoms with van der Waals surface area (Å²) in [6.07, 6.45) is 5.46. The minimum Gasteiger partial charge on any atom is -0.419 e. The molecular weight excluding hydrogens is 627 g/mol. The fourth-order valence-corrected chi connectivity index (χ4v) is 5.98. The lowest BCUT2D eigenvalue weighted by Crippen LogP contribution is -3.08. The first kappa shape index (κ1) is 32.2. The normalized spacial score (nSPS) is 21.0. The van der Waals surface area contributed by atoms with E-state index in [9.17, 15) is 14.5 Å². The number of amidine groups is 1. The fourth-order valence-electron chi connectivity index (χ4n) is 4.54. The maximum atomic E-state index is 11.9. The first-order chi connectivity index (χ1) is 19.7. The molecule has 1 aromatic carbocycles. The highest BCUT2D eigenvalue weighted by atomic mass is 35.6. The summed E-state index contributed by atoms with van der Waals surface area (Å²) in [5.41, 5.74) is 1.91. The Morgan fingerprint density at radius 2 is 1.67 bits per heavy atom. The average Bonchev–Trinajstić information content (AvgIpc) is 3.39. The summed E-state index contributed by atoms with van der Waals surface area (Å²) in [4.78, 5) is 40.4. The van der Waals surface area contributed by atoms with Crippen molar-refractivity contribution in [1.29, 1.82) is 5.41 Å². The van der Waals surface area contributed by atoms with Crippen molar-refractivity contribution in [2.75, 3.05) is 20.1 Å². The summed E-state index contributed by atoms with van der Waals surface area (Å²) in [5.74, 6) is -1.31. The minimum absolute atomic E-state index is 0.118. The predicted molar refractivity (Wildman–Crippen MR) is 163 cm³/mol. The molecule has 2 fully saturated rings. The number of rotatable bonds is 4. The number of thioether (sulfide) groups is 1. The van der Waals surface area contributed by atoms with Crippen LogP contribution in [0.1, 0.15) is 50.9 Å². The van der Waals surface area contributed by atoms with Gasteiger partial charge in [-0.3, -0.25) is 10.3 Å². The van der Waals surface area contributed by atoms with E-state index in [2.05, 4.69) is 4.99 Å². The number of halogens is 3. The number of ether oxygens (including phenoxy) is 2. The number of nitrogens with zero attached hydrogens (tertiary/aromatic N) is 2. The van der Waals surface area contributed by atoms with Crippen molar-refractivity contribution in [1.82, 2.24) is 0 Å². The molecule has 0 spiro atoms. The van der Waals surface area contributed by atoms with Gasteiger partial charge in [0.15, 0.2) is 12.2 Å². The molecule has 0 saturated carbocycles. The molecule has 4 heterocycles. The van der Waals surface area contributed by atoms with Gasteiger partial charge in [-0.05, 0) is 43.0 Å². The van der Waals surface area contributed by atoms with Gasteiger partial charge < -0.3 is 13.9 Å². The molecule has 1 atom stereocenters. The Morgan fingerprint density at radius 3 is 2.24 bits per heavy atom. The Hall–Kier alpha value is -2.70. The van der Waals surface area contributed by atoms with Gasteiger partial charge in [0.25, 0.3) is 17.4 Å². The van der Waals surface area contributed by atoms with Gasteiger partial charge in [0.05, 0.1) is 24.1 Å². The van der Waals surface area contributed by atoms with Crippen LogP contribution < -0.4 is 4.90 Å². The van der Waals surface area contributed by atoms with Crippen LogP contribution in [0.15, 0.2) is 51.4 Å². The van der Waals surface area contributed by atoms with E-state index in [0.717, 1.165) is 41.1 Å². The second kappa shape index (κ2) is 13.3. The van der Waals surface area contributed by atoms with Crippen LogP contribution in [0.2, 0.25) is 0 Å². The fraction of sp³-hybridized carbons (Fsp3) is 0.429. The van der Waals surface area contributed by atoms with Crippen LogP contribution in [0.3, 0.4) is 0 Å². The van der Waals surface area contributed by atoms with E-state index in [1.807, 2.05) is 6.07 Å². The van der Waals surface area contributed by atoms with Crippen LogP contribution in [0, 0.1) is 10.3 Å². The third-order valence-corrected chi connectivity index (χ3v) is 8.93. The van der Waals surface area contributed by atoms with Crippen LogP contribution in [0.25, 0.3) is 6.08 Å². The zero-order valence-electron chi connectivity index (χ0n) is 23.2. The van der Waals surface area contributed by atoms with Crippen molar-refractivity contribution in [3.8, 4) is 0 Å². The number of aliphatic imine (C=N–C) groups is 1. The Balaban J connectivity index is 0.000000194. The monoisotopic (exact) mass is 656 g/mol. The van der Waals surface area contributed by atoms with Crippen molar-refractivity contribution in [3.63, 3.8) is 0 Å². The smallest absolute Gasteiger partial charge is 0.348 e. The molecule has 0 radical (unpaired) electrons. The van der Waals surface area contributed by atoms with Crippen molar-refractivity contribution < 1.29 is 33.1 Å². The highest BCUT2D eigenvalue weighted by molar-refractivity contribution is 8.14. The number of nitroso groups, excluding NO2 is 1. The summed E-state index contributed by atoms with van der Waals surface area (Å²) in [7, 11) is 1.43. The average molecular weight is 658 g/mol. The first-order valence-electron chi connectivity index (χ1n) is 13.3. The van der Waals surface area contributed by atoms with Gasteiger partial charge in [0.2, 0.25) is 3.79 Å². The molecule has 3 aliphatic rings. The van der Waals surface area contributed by atoms with Crippen LogP contribution in [-0.4, -0.2) is 62.5 Å². The van der Waals surface area contributed by atoms with Gasteiger partial charge in [-0.25, -0.2) is 14.6 Å². The van der Waals surface area contributed by atoms with E-state index in [1.165, 1.54) is 51.1 Å². The molecule has 0 bridgehead atoms. The molecule has 2 aromatic rings. The molecule has 5 rings (SSSR count). The summed E-state index contributed by atoms with van der Waals surface area (Å²) >= 11 is 18.9. The molecule has 14 heteroatoms. The number of alkyl halides is 3. The molecule has 1 aromatic heterocycles. The number of piperidine rings is 1. The quantitative estimate of drug-likeness (QED) is 0.146. The number of hydrogen-bond acceptors (Lipinski definition) is 8. The molecular formula is C28H31Cl3N4O6S+2. The topological polar surface area (TPSA) is 126 Å². The number of carbonyl (C=O) groups is 2.